The Balaban J connectivity index is 0.000000217. The van der Waals surface area contributed by atoms with Crippen molar-refractivity contribution in [2.45, 2.75) is 179 Å². The Morgan fingerprint density at radius 1 is 0.571 bits per heavy atom. The molecule has 0 bridgehead atoms. The van der Waals surface area contributed by atoms with Crippen LogP contribution < -0.4 is 27.0 Å². The zero-order valence-electron chi connectivity index (χ0n) is 51.7. The molecule has 0 spiro atoms. The molecular weight excluding hydrogens is 1080 g/mol. The molecule has 0 aromatic heterocycles. The van der Waals surface area contributed by atoms with Crippen molar-refractivity contribution in [2.24, 2.45) is 29.4 Å². The van der Waals surface area contributed by atoms with Gasteiger partial charge >= 0.3 is 6.09 Å². The number of nitrogens with one attached hydrogen (secondary N) is 4. The molecule has 4 aromatic rings. The molecule has 6 amide bonds. The molecule has 2 aliphatic heterocycles. The molecule has 2 heterocycles. The average molecular weight is 1170 g/mol. The van der Waals surface area contributed by atoms with Gasteiger partial charge in [0, 0.05) is 38.3 Å². The average Bonchev–Trinajstić information content (AvgIpc) is 2.11. The number of nitrogens with zero attached hydrogens (tertiary/aromatic N) is 3. The number of nitrogens with two attached hydrogens (primary N) is 1. The largest absolute Gasteiger partial charge is 0.444 e. The van der Waals surface area contributed by atoms with Gasteiger partial charge in [-0.15, -0.1) is 0 Å². The highest BCUT2D eigenvalue weighted by atomic mass is 35.5. The lowest BCUT2D eigenvalue weighted by molar-refractivity contribution is -0.139. The molecule has 17 heteroatoms. The van der Waals surface area contributed by atoms with Gasteiger partial charge in [0.15, 0.2) is 0 Å². The van der Waals surface area contributed by atoms with Crippen LogP contribution >= 0.6 is 11.6 Å². The van der Waals surface area contributed by atoms with Crippen LogP contribution in [0, 0.1) is 23.7 Å². The van der Waals surface area contributed by atoms with Gasteiger partial charge in [0.25, 0.3) is 0 Å². The highest BCUT2D eigenvalue weighted by molar-refractivity contribution is 6.66. The zero-order chi connectivity index (χ0) is 61.8. The predicted molar refractivity (Wildman–Crippen MR) is 331 cm³/mol. The summed E-state index contributed by atoms with van der Waals surface area (Å²) in [6.45, 7) is 21.6. The summed E-state index contributed by atoms with van der Waals surface area (Å²) in [5, 5.41) is 11.8. The number of carbonyl (C=O) groups excluding carboxylic acids is 7. The first-order chi connectivity index (χ1) is 39.7. The second-order valence-corrected chi connectivity index (χ2v) is 25.6. The number of ether oxygens (including phenoxy) is 1. The standard InChI is InChI=1S/C31H42N4O3.C21H38N4O4.C15H13ClO/c1-20(2)26(34-28(36)21(3)32-5)29(37)35-19-18-22-16-17-25(27(22)35)33-30(38)31(4,23-12-8-6-9-13-23)24-14-10-7-11-15-24;1-12(2)16(19(27)25-11-10-14-8-9-15(22)17(14)25)23-18(26)13(3)24(7)20(28)29-21(4,5)6;1-15(14(16)17,12-8-4-2-5-9-12)13-10-6-3-7-11-13/h6-15,20-22,25-27,32H,16-19H2,1-5H3,(H,33,38)(H,34,36);12-17H,8-11,22H2,1-7H3,(H,23,26);2-11H,1H3/t21-,22?,25?,26-,27?;13-,14?,15?,16-,17?;/m00./s1. The van der Waals surface area contributed by atoms with E-state index in [9.17, 15) is 33.6 Å². The van der Waals surface area contributed by atoms with Crippen LogP contribution in [0.5, 0.6) is 0 Å². The van der Waals surface area contributed by atoms with Gasteiger partial charge < -0.3 is 41.5 Å². The van der Waals surface area contributed by atoms with Crippen molar-refractivity contribution in [3.63, 3.8) is 0 Å². The fourth-order valence-corrected chi connectivity index (χ4v) is 12.5. The molecule has 456 valence electrons. The van der Waals surface area contributed by atoms with Crippen molar-refractivity contribution in [3.05, 3.63) is 144 Å². The topological polar surface area (TPSA) is 213 Å². The van der Waals surface area contributed by atoms with Crippen LogP contribution in [0.25, 0.3) is 0 Å². The Kier molecular flexibility index (Phi) is 22.9. The van der Waals surface area contributed by atoms with E-state index >= 15 is 0 Å². The summed E-state index contributed by atoms with van der Waals surface area (Å²) in [5.74, 6) is -0.0742. The minimum atomic E-state index is -0.869. The number of rotatable bonds is 17. The van der Waals surface area contributed by atoms with Crippen LogP contribution in [0.1, 0.15) is 137 Å². The monoisotopic (exact) mass is 1170 g/mol. The second kappa shape index (κ2) is 29.0. The lowest BCUT2D eigenvalue weighted by Gasteiger charge is -2.36. The van der Waals surface area contributed by atoms with Crippen LogP contribution in [0.2, 0.25) is 0 Å². The number of hydrogen-bond acceptors (Lipinski definition) is 10. The van der Waals surface area contributed by atoms with E-state index in [0.717, 1.165) is 60.8 Å². The fourth-order valence-electron chi connectivity index (χ4n) is 12.3. The molecule has 4 fully saturated rings. The highest BCUT2D eigenvalue weighted by Gasteiger charge is 2.51. The molecule has 2 saturated heterocycles. The number of likely N-dealkylation sites (tertiary alicyclic amines) is 2. The van der Waals surface area contributed by atoms with Gasteiger partial charge in [0.1, 0.15) is 23.7 Å². The van der Waals surface area contributed by atoms with Crippen molar-refractivity contribution in [3.8, 4) is 0 Å². The molecule has 84 heavy (non-hydrogen) atoms. The van der Waals surface area contributed by atoms with Crippen LogP contribution in [0.4, 0.5) is 4.79 Å². The molecule has 0 radical (unpaired) electrons. The predicted octanol–water partition coefficient (Wildman–Crippen LogP) is 8.72. The Bertz CT molecular complexity index is 2770. The molecular formula is C67H93ClN8O8. The van der Waals surface area contributed by atoms with E-state index in [1.54, 1.807) is 41.7 Å². The summed E-state index contributed by atoms with van der Waals surface area (Å²) >= 11 is 5.82. The summed E-state index contributed by atoms with van der Waals surface area (Å²) in [4.78, 5) is 95.8. The third kappa shape index (κ3) is 15.4. The first kappa shape index (κ1) is 66.5. The van der Waals surface area contributed by atoms with Gasteiger partial charge in [0.05, 0.1) is 22.9 Å². The number of carbonyl (C=O) groups is 7. The number of benzene rings is 4. The SMILES string of the molecule is CC(C(=O)Cl)(c1ccccc1)c1ccccc1.CC(C)[C@H](NC(=O)[C@H](C)N(C)C(=O)OC(C)(C)C)C(=O)N1CCC2CCC(N)C21.CN[C@@H](C)C(=O)N[C@H](C(=O)N1CCC2CCC(NC(=O)C(C)(c3ccccc3)c3ccccc3)C21)C(C)C. The minimum absolute atomic E-state index is 0.00666. The third-order valence-corrected chi connectivity index (χ3v) is 18.2. The van der Waals surface area contributed by atoms with Gasteiger partial charge in [-0.05, 0) is 152 Å². The smallest absolute Gasteiger partial charge is 0.410 e. The van der Waals surface area contributed by atoms with Gasteiger partial charge in [-0.1, -0.05) is 149 Å². The van der Waals surface area contributed by atoms with Gasteiger partial charge in [-0.2, -0.15) is 0 Å². The molecule has 8 rings (SSSR count). The first-order valence-electron chi connectivity index (χ1n) is 30.0. The van der Waals surface area contributed by atoms with Crippen molar-refractivity contribution in [1.29, 1.82) is 0 Å². The maximum Gasteiger partial charge on any atom is 0.410 e. The van der Waals surface area contributed by atoms with E-state index in [2.05, 4.69) is 21.3 Å². The van der Waals surface area contributed by atoms with E-state index < -0.39 is 40.6 Å². The third-order valence-electron chi connectivity index (χ3n) is 17.8. The lowest BCUT2D eigenvalue weighted by atomic mass is 9.75. The van der Waals surface area contributed by atoms with Crippen molar-refractivity contribution >= 4 is 52.5 Å². The van der Waals surface area contributed by atoms with Crippen LogP contribution in [-0.4, -0.2) is 137 Å². The maximum atomic E-state index is 14.1. The van der Waals surface area contributed by atoms with Crippen molar-refractivity contribution in [2.75, 3.05) is 27.2 Å². The van der Waals surface area contributed by atoms with Crippen LogP contribution in [0.3, 0.4) is 0 Å². The normalized spacial score (nSPS) is 21.5. The molecule has 2 saturated carbocycles. The minimum Gasteiger partial charge on any atom is -0.444 e. The molecule has 6 unspecified atom stereocenters. The number of fused-ring (bicyclic) bond motifs is 2. The van der Waals surface area contributed by atoms with E-state index in [1.165, 1.54) is 11.9 Å². The Morgan fingerprint density at radius 3 is 1.37 bits per heavy atom. The van der Waals surface area contributed by atoms with Crippen molar-refractivity contribution in [1.82, 2.24) is 36.0 Å². The van der Waals surface area contributed by atoms with Gasteiger partial charge in [0.2, 0.25) is 34.8 Å². The second-order valence-electron chi connectivity index (χ2n) is 25.3. The van der Waals surface area contributed by atoms with Crippen LogP contribution in [0.15, 0.2) is 121 Å². The maximum absolute atomic E-state index is 14.1. The van der Waals surface area contributed by atoms with Crippen molar-refractivity contribution < 1.29 is 38.3 Å². The Morgan fingerprint density at radius 2 is 0.964 bits per heavy atom. The van der Waals surface area contributed by atoms with Gasteiger partial charge in [-0.25, -0.2) is 4.79 Å². The Hall–Kier alpha value is -6.62. The number of halogens is 1. The fraction of sp³-hybridized carbons (Fsp3) is 0.537. The quantitative estimate of drug-likeness (QED) is 0.0635. The first-order valence-corrected chi connectivity index (χ1v) is 30.4. The summed E-state index contributed by atoms with van der Waals surface area (Å²) < 4.78 is 5.33. The van der Waals surface area contributed by atoms with Gasteiger partial charge in [-0.3, -0.25) is 33.7 Å². The van der Waals surface area contributed by atoms with E-state index in [0.29, 0.717) is 24.9 Å². The summed E-state index contributed by atoms with van der Waals surface area (Å²) in [7, 11) is 3.25. The number of hydrogen-bond donors (Lipinski definition) is 5. The molecule has 6 N–H and O–H groups in total. The summed E-state index contributed by atoms with van der Waals surface area (Å²) in [5.41, 5.74) is 7.63. The van der Waals surface area contributed by atoms with Crippen LogP contribution in [-0.2, 0) is 44.3 Å². The molecule has 4 aliphatic rings. The number of likely N-dealkylation sites (N-methyl/N-ethyl adjacent to an activating group) is 2. The Labute approximate surface area is 504 Å². The lowest BCUT2D eigenvalue weighted by Crippen LogP contribution is -2.59. The van der Waals surface area contributed by atoms with E-state index in [4.69, 9.17) is 22.1 Å². The summed E-state index contributed by atoms with van der Waals surface area (Å²) in [6, 6.07) is 36.4. The molecule has 4 aromatic carbocycles. The molecule has 10 atom stereocenters. The van der Waals surface area contributed by atoms with E-state index in [-0.39, 0.29) is 76.8 Å². The molecule has 16 nitrogen and oxygen atoms in total. The highest BCUT2D eigenvalue weighted by Crippen LogP contribution is 2.41. The number of amides is 6. The van der Waals surface area contributed by atoms with E-state index in [1.807, 2.05) is 173 Å². The zero-order valence-corrected chi connectivity index (χ0v) is 52.5. The molecule has 2 aliphatic carbocycles. The summed E-state index contributed by atoms with van der Waals surface area (Å²) in [6.07, 6.45) is 5.13.